The maximum absolute atomic E-state index is 13.0. The van der Waals surface area contributed by atoms with Gasteiger partial charge in [0.2, 0.25) is 0 Å². The van der Waals surface area contributed by atoms with Crippen LogP contribution in [0.1, 0.15) is 21.7 Å². The molecule has 0 spiro atoms. The largest absolute Gasteiger partial charge is 0.476 e. The lowest BCUT2D eigenvalue weighted by molar-refractivity contribution is 0.0689. The van der Waals surface area contributed by atoms with Crippen molar-refractivity contribution in [1.82, 2.24) is 15.0 Å². The van der Waals surface area contributed by atoms with E-state index in [1.54, 1.807) is 12.1 Å². The third-order valence-electron chi connectivity index (χ3n) is 3.32. The molecule has 0 radical (unpaired) electrons. The molecule has 5 nitrogen and oxygen atoms in total. The Morgan fingerprint density at radius 3 is 2.13 bits per heavy atom. The first-order valence-electron chi connectivity index (χ1n) is 6.73. The molecule has 0 amide bonds. The molecule has 2 aromatic carbocycles. The molecule has 1 N–H and O–H groups in total. The second-order valence-corrected chi connectivity index (χ2v) is 4.88. The lowest BCUT2D eigenvalue weighted by atomic mass is 10.1. The lowest BCUT2D eigenvalue weighted by Crippen LogP contribution is -2.08. The predicted octanol–water partition coefficient (Wildman–Crippen LogP) is 2.83. The summed E-state index contributed by atoms with van der Waals surface area (Å²) < 4.78 is 27.4. The van der Waals surface area contributed by atoms with Gasteiger partial charge in [-0.3, -0.25) is 0 Å². The zero-order chi connectivity index (χ0) is 16.4. The van der Waals surface area contributed by atoms with Crippen molar-refractivity contribution in [2.45, 2.75) is 6.42 Å². The fraction of sp³-hybridized carbons (Fsp3) is 0.0625. The van der Waals surface area contributed by atoms with Gasteiger partial charge in [0.15, 0.2) is 5.69 Å². The first-order valence-corrected chi connectivity index (χ1v) is 6.73. The van der Waals surface area contributed by atoms with Crippen LogP contribution in [-0.2, 0) is 6.42 Å². The topological polar surface area (TPSA) is 68.0 Å². The summed E-state index contributed by atoms with van der Waals surface area (Å²) >= 11 is 0. The Hall–Kier alpha value is -3.09. The van der Waals surface area contributed by atoms with Crippen LogP contribution in [0, 0.1) is 11.6 Å². The number of hydrogen-bond donors (Lipinski definition) is 1. The first kappa shape index (κ1) is 14.8. The molecule has 7 heteroatoms. The smallest absolute Gasteiger partial charge is 0.358 e. The van der Waals surface area contributed by atoms with E-state index in [-0.39, 0.29) is 17.9 Å². The molecule has 0 fully saturated rings. The van der Waals surface area contributed by atoms with Crippen LogP contribution in [-0.4, -0.2) is 26.1 Å². The Balaban J connectivity index is 2.05. The van der Waals surface area contributed by atoms with E-state index in [1.165, 1.54) is 41.1 Å². The van der Waals surface area contributed by atoms with Crippen LogP contribution in [0.25, 0.3) is 5.69 Å². The van der Waals surface area contributed by atoms with Crippen molar-refractivity contribution in [2.75, 3.05) is 0 Å². The van der Waals surface area contributed by atoms with Crippen molar-refractivity contribution in [3.05, 3.63) is 77.1 Å². The van der Waals surface area contributed by atoms with Crippen LogP contribution in [0.2, 0.25) is 0 Å². The summed E-state index contributed by atoms with van der Waals surface area (Å²) in [6, 6.07) is 11.2. The molecule has 0 aliphatic carbocycles. The number of halogens is 2. The van der Waals surface area contributed by atoms with Crippen LogP contribution < -0.4 is 0 Å². The maximum atomic E-state index is 13.0. The van der Waals surface area contributed by atoms with Crippen LogP contribution in [0.5, 0.6) is 0 Å². The van der Waals surface area contributed by atoms with Crippen molar-refractivity contribution in [3.8, 4) is 5.69 Å². The van der Waals surface area contributed by atoms with E-state index in [4.69, 9.17) is 0 Å². The molecule has 0 saturated carbocycles. The molecular weight excluding hydrogens is 304 g/mol. The van der Waals surface area contributed by atoms with E-state index in [0.29, 0.717) is 16.9 Å². The highest BCUT2D eigenvalue weighted by Crippen LogP contribution is 2.18. The highest BCUT2D eigenvalue weighted by atomic mass is 19.1. The van der Waals surface area contributed by atoms with E-state index in [2.05, 4.69) is 10.3 Å². The maximum Gasteiger partial charge on any atom is 0.358 e. The average Bonchev–Trinajstić information content (AvgIpc) is 2.94. The molecule has 1 heterocycles. The molecule has 0 bridgehead atoms. The number of carboxylic acids is 1. The SMILES string of the molecule is O=C(O)c1nnn(-c2ccc(F)cc2)c1Cc1ccc(F)cc1. The van der Waals surface area contributed by atoms with Gasteiger partial charge in [-0.15, -0.1) is 5.10 Å². The lowest BCUT2D eigenvalue weighted by Gasteiger charge is -2.07. The second-order valence-electron chi connectivity index (χ2n) is 4.88. The Kier molecular flexibility index (Phi) is 3.84. The molecule has 0 unspecified atom stereocenters. The number of rotatable bonds is 4. The monoisotopic (exact) mass is 315 g/mol. The summed E-state index contributed by atoms with van der Waals surface area (Å²) in [5.41, 5.74) is 1.33. The number of aromatic nitrogens is 3. The number of carboxylic acid groups (broad SMARTS) is 1. The normalized spacial score (nSPS) is 10.7. The van der Waals surface area contributed by atoms with E-state index in [9.17, 15) is 18.7 Å². The Labute approximate surface area is 129 Å². The van der Waals surface area contributed by atoms with Crippen molar-refractivity contribution in [2.24, 2.45) is 0 Å². The van der Waals surface area contributed by atoms with Crippen molar-refractivity contribution >= 4 is 5.97 Å². The molecule has 0 saturated heterocycles. The summed E-state index contributed by atoms with van der Waals surface area (Å²) in [7, 11) is 0. The van der Waals surface area contributed by atoms with E-state index in [1.807, 2.05) is 0 Å². The van der Waals surface area contributed by atoms with Crippen LogP contribution >= 0.6 is 0 Å². The van der Waals surface area contributed by atoms with Gasteiger partial charge in [-0.25, -0.2) is 18.3 Å². The minimum absolute atomic E-state index is 0.196. The highest BCUT2D eigenvalue weighted by molar-refractivity contribution is 5.86. The molecule has 3 rings (SSSR count). The van der Waals surface area contributed by atoms with Gasteiger partial charge in [0.1, 0.15) is 11.6 Å². The molecule has 0 aliphatic rings. The summed E-state index contributed by atoms with van der Waals surface area (Å²) in [4.78, 5) is 11.3. The predicted molar refractivity (Wildman–Crippen MR) is 77.5 cm³/mol. The Bertz CT molecular complexity index is 843. The van der Waals surface area contributed by atoms with Gasteiger partial charge in [0.25, 0.3) is 0 Å². The fourth-order valence-corrected chi connectivity index (χ4v) is 2.21. The minimum Gasteiger partial charge on any atom is -0.476 e. The molecule has 3 aromatic rings. The van der Waals surface area contributed by atoms with Crippen LogP contribution in [0.4, 0.5) is 8.78 Å². The summed E-state index contributed by atoms with van der Waals surface area (Å²) in [6.07, 6.45) is 0.201. The summed E-state index contributed by atoms with van der Waals surface area (Å²) in [5.74, 6) is -2.00. The van der Waals surface area contributed by atoms with E-state index < -0.39 is 11.8 Å². The van der Waals surface area contributed by atoms with Gasteiger partial charge in [-0.2, -0.15) is 0 Å². The highest BCUT2D eigenvalue weighted by Gasteiger charge is 2.20. The number of aromatic carboxylic acids is 1. The fourth-order valence-electron chi connectivity index (χ4n) is 2.21. The third kappa shape index (κ3) is 3.08. The standard InChI is InChI=1S/C16H11F2N3O2/c17-11-3-1-10(2-4-11)9-14-15(16(22)23)19-20-21(14)13-7-5-12(18)6-8-13/h1-8H,9H2,(H,22,23). The van der Waals surface area contributed by atoms with Gasteiger partial charge in [-0.05, 0) is 42.0 Å². The van der Waals surface area contributed by atoms with E-state index >= 15 is 0 Å². The number of benzene rings is 2. The van der Waals surface area contributed by atoms with Gasteiger partial charge in [-0.1, -0.05) is 17.3 Å². The van der Waals surface area contributed by atoms with Crippen molar-refractivity contribution in [3.63, 3.8) is 0 Å². The zero-order valence-corrected chi connectivity index (χ0v) is 11.8. The van der Waals surface area contributed by atoms with Gasteiger partial charge in [0.05, 0.1) is 11.4 Å². The van der Waals surface area contributed by atoms with E-state index in [0.717, 1.165) is 0 Å². The summed E-state index contributed by atoms with van der Waals surface area (Å²) in [6.45, 7) is 0. The van der Waals surface area contributed by atoms with Gasteiger partial charge in [0, 0.05) is 6.42 Å². The van der Waals surface area contributed by atoms with Crippen LogP contribution in [0.15, 0.2) is 48.5 Å². The van der Waals surface area contributed by atoms with Gasteiger partial charge >= 0.3 is 5.97 Å². The Morgan fingerprint density at radius 1 is 1.00 bits per heavy atom. The first-order chi connectivity index (χ1) is 11.0. The molecule has 23 heavy (non-hydrogen) atoms. The number of hydrogen-bond acceptors (Lipinski definition) is 3. The summed E-state index contributed by atoms with van der Waals surface area (Å²) in [5, 5.41) is 16.8. The minimum atomic E-state index is -1.21. The number of nitrogens with zero attached hydrogens (tertiary/aromatic N) is 3. The molecular formula is C16H11F2N3O2. The van der Waals surface area contributed by atoms with Crippen LogP contribution in [0.3, 0.4) is 0 Å². The quantitative estimate of drug-likeness (QED) is 0.804. The average molecular weight is 315 g/mol. The zero-order valence-electron chi connectivity index (χ0n) is 11.8. The third-order valence-corrected chi connectivity index (χ3v) is 3.32. The Morgan fingerprint density at radius 2 is 1.57 bits per heavy atom. The number of carbonyl (C=O) groups is 1. The van der Waals surface area contributed by atoms with Crippen molar-refractivity contribution < 1.29 is 18.7 Å². The molecule has 116 valence electrons. The molecule has 1 aromatic heterocycles. The van der Waals surface area contributed by atoms with Crippen molar-refractivity contribution in [1.29, 1.82) is 0 Å². The second kappa shape index (κ2) is 5.96. The molecule has 0 aliphatic heterocycles. The molecule has 0 atom stereocenters. The van der Waals surface area contributed by atoms with Gasteiger partial charge < -0.3 is 5.11 Å².